The average Bonchev–Trinajstić information content (AvgIpc) is 2.52. The van der Waals surface area contributed by atoms with Gasteiger partial charge in [0.05, 0.1) is 24.1 Å². The molecule has 20 heavy (non-hydrogen) atoms. The molecule has 5 heteroatoms. The molecule has 0 saturated carbocycles. The van der Waals surface area contributed by atoms with Crippen LogP contribution in [0.1, 0.15) is 0 Å². The minimum atomic E-state index is -0.743. The second-order valence-electron chi connectivity index (χ2n) is 4.41. The van der Waals surface area contributed by atoms with Crippen LogP contribution in [-0.2, 0) is 0 Å². The average molecular weight is 273 g/mol. The van der Waals surface area contributed by atoms with E-state index in [1.807, 2.05) is 54.6 Å². The van der Waals surface area contributed by atoms with E-state index in [1.165, 1.54) is 0 Å². The second kappa shape index (κ2) is 7.37. The third kappa shape index (κ3) is 4.46. The molecule has 5 N–H and O–H groups in total. The van der Waals surface area contributed by atoms with Gasteiger partial charge in [0.1, 0.15) is 0 Å². The van der Waals surface area contributed by atoms with Crippen molar-refractivity contribution < 1.29 is 10.2 Å². The van der Waals surface area contributed by atoms with E-state index in [2.05, 4.69) is 16.2 Å². The standard InChI is InChI=1S/C15H19N3O2/c19-11-15(20)10-16-12-6-8-14(9-7-12)18-17-13-4-2-1-3-5-13/h1-9,15-20H,10-11H2. The van der Waals surface area contributed by atoms with Gasteiger partial charge < -0.3 is 26.4 Å². The van der Waals surface area contributed by atoms with Gasteiger partial charge in [-0.3, -0.25) is 0 Å². The summed E-state index contributed by atoms with van der Waals surface area (Å²) in [5, 5.41) is 21.0. The van der Waals surface area contributed by atoms with Crippen LogP contribution >= 0.6 is 0 Å². The van der Waals surface area contributed by atoms with Crippen LogP contribution in [0.15, 0.2) is 54.6 Å². The molecule has 0 bridgehead atoms. The Morgan fingerprint density at radius 3 is 1.95 bits per heavy atom. The highest BCUT2D eigenvalue weighted by Crippen LogP contribution is 2.14. The fraction of sp³-hybridized carbons (Fsp3) is 0.200. The monoisotopic (exact) mass is 273 g/mol. The van der Waals surface area contributed by atoms with Crippen LogP contribution in [0.2, 0.25) is 0 Å². The first-order valence-corrected chi connectivity index (χ1v) is 6.48. The van der Waals surface area contributed by atoms with Crippen LogP contribution < -0.4 is 16.2 Å². The molecule has 0 fully saturated rings. The van der Waals surface area contributed by atoms with Gasteiger partial charge in [-0.15, -0.1) is 0 Å². The Kier molecular flexibility index (Phi) is 5.23. The SMILES string of the molecule is OCC(O)CNc1ccc(NNc2ccccc2)cc1. The summed E-state index contributed by atoms with van der Waals surface area (Å²) in [5.74, 6) is 0. The highest BCUT2D eigenvalue weighted by atomic mass is 16.3. The van der Waals surface area contributed by atoms with E-state index in [9.17, 15) is 5.11 Å². The van der Waals surface area contributed by atoms with E-state index in [1.54, 1.807) is 0 Å². The molecule has 5 nitrogen and oxygen atoms in total. The summed E-state index contributed by atoms with van der Waals surface area (Å²) in [6.45, 7) is 0.0825. The van der Waals surface area contributed by atoms with E-state index >= 15 is 0 Å². The van der Waals surface area contributed by atoms with Crippen LogP contribution in [0, 0.1) is 0 Å². The number of aliphatic hydroxyl groups excluding tert-OH is 2. The molecule has 0 heterocycles. The maximum absolute atomic E-state index is 9.25. The summed E-state index contributed by atoms with van der Waals surface area (Å²) in [6.07, 6.45) is -0.743. The van der Waals surface area contributed by atoms with Crippen molar-refractivity contribution in [3.8, 4) is 0 Å². The molecule has 0 amide bonds. The number of nitrogens with one attached hydrogen (secondary N) is 3. The molecule has 1 atom stereocenters. The van der Waals surface area contributed by atoms with Gasteiger partial charge >= 0.3 is 0 Å². The number of aliphatic hydroxyl groups is 2. The van der Waals surface area contributed by atoms with Crippen molar-refractivity contribution in [3.63, 3.8) is 0 Å². The van der Waals surface area contributed by atoms with E-state index in [0.29, 0.717) is 6.54 Å². The molecule has 0 radical (unpaired) electrons. The van der Waals surface area contributed by atoms with Crippen molar-refractivity contribution in [1.82, 2.24) is 0 Å². The molecule has 0 aliphatic heterocycles. The zero-order valence-electron chi connectivity index (χ0n) is 11.1. The van der Waals surface area contributed by atoms with Gasteiger partial charge in [-0.1, -0.05) is 18.2 Å². The molecular weight excluding hydrogens is 254 g/mol. The van der Waals surface area contributed by atoms with Gasteiger partial charge in [0.15, 0.2) is 0 Å². The number of para-hydroxylation sites is 1. The number of anilines is 3. The number of benzene rings is 2. The number of hydrogen-bond acceptors (Lipinski definition) is 5. The quantitative estimate of drug-likeness (QED) is 0.498. The van der Waals surface area contributed by atoms with Crippen molar-refractivity contribution in [2.45, 2.75) is 6.10 Å². The fourth-order valence-electron chi connectivity index (χ4n) is 1.64. The van der Waals surface area contributed by atoms with E-state index in [0.717, 1.165) is 17.1 Å². The largest absolute Gasteiger partial charge is 0.394 e. The summed E-state index contributed by atoms with van der Waals surface area (Å²) in [4.78, 5) is 0. The molecule has 0 aliphatic rings. The van der Waals surface area contributed by atoms with Gasteiger partial charge in [0, 0.05) is 12.2 Å². The molecular formula is C15H19N3O2. The number of hydrogen-bond donors (Lipinski definition) is 5. The van der Waals surface area contributed by atoms with Gasteiger partial charge in [-0.05, 0) is 36.4 Å². The third-order valence-electron chi connectivity index (χ3n) is 2.76. The lowest BCUT2D eigenvalue weighted by Crippen LogP contribution is -2.22. The van der Waals surface area contributed by atoms with Crippen molar-refractivity contribution in [1.29, 1.82) is 0 Å². The minimum absolute atomic E-state index is 0.242. The lowest BCUT2D eigenvalue weighted by molar-refractivity contribution is 0.105. The van der Waals surface area contributed by atoms with Crippen molar-refractivity contribution >= 4 is 17.1 Å². The first kappa shape index (κ1) is 14.2. The Balaban J connectivity index is 1.82. The predicted octanol–water partition coefficient (Wildman–Crippen LogP) is 1.89. The third-order valence-corrected chi connectivity index (χ3v) is 2.76. The van der Waals surface area contributed by atoms with Crippen molar-refractivity contribution in [2.75, 3.05) is 29.3 Å². The van der Waals surface area contributed by atoms with E-state index < -0.39 is 6.10 Å². The van der Waals surface area contributed by atoms with Gasteiger partial charge in [0.2, 0.25) is 0 Å². The Bertz CT molecular complexity index is 502. The second-order valence-corrected chi connectivity index (χ2v) is 4.41. The first-order valence-electron chi connectivity index (χ1n) is 6.48. The first-order chi connectivity index (χ1) is 9.78. The maximum atomic E-state index is 9.25. The van der Waals surface area contributed by atoms with Gasteiger partial charge in [-0.2, -0.15) is 0 Å². The van der Waals surface area contributed by atoms with Crippen LogP contribution in [0.4, 0.5) is 17.1 Å². The van der Waals surface area contributed by atoms with Crippen LogP contribution in [0.5, 0.6) is 0 Å². The zero-order chi connectivity index (χ0) is 14.2. The number of hydrazine groups is 1. The molecule has 0 spiro atoms. The van der Waals surface area contributed by atoms with Gasteiger partial charge in [0.25, 0.3) is 0 Å². The molecule has 0 saturated heterocycles. The normalized spacial score (nSPS) is 11.7. The van der Waals surface area contributed by atoms with Crippen LogP contribution in [0.25, 0.3) is 0 Å². The molecule has 106 valence electrons. The summed E-state index contributed by atoms with van der Waals surface area (Å²) < 4.78 is 0. The highest BCUT2D eigenvalue weighted by molar-refractivity contribution is 5.57. The van der Waals surface area contributed by atoms with Crippen LogP contribution in [0.3, 0.4) is 0 Å². The molecule has 2 aromatic carbocycles. The van der Waals surface area contributed by atoms with E-state index in [4.69, 9.17) is 5.11 Å². The van der Waals surface area contributed by atoms with Crippen LogP contribution in [-0.4, -0.2) is 29.5 Å². The molecule has 1 unspecified atom stereocenters. The van der Waals surface area contributed by atoms with Crippen molar-refractivity contribution in [3.05, 3.63) is 54.6 Å². The van der Waals surface area contributed by atoms with Gasteiger partial charge in [-0.25, -0.2) is 0 Å². The predicted molar refractivity (Wildman–Crippen MR) is 81.7 cm³/mol. The lowest BCUT2D eigenvalue weighted by Gasteiger charge is -2.12. The zero-order valence-corrected chi connectivity index (χ0v) is 11.1. The summed E-state index contributed by atoms with van der Waals surface area (Å²) in [5.41, 5.74) is 9.00. The Morgan fingerprint density at radius 2 is 1.35 bits per heavy atom. The smallest absolute Gasteiger partial charge is 0.0942 e. The fourth-order valence-corrected chi connectivity index (χ4v) is 1.64. The Hall–Kier alpha value is -2.24. The van der Waals surface area contributed by atoms with Crippen molar-refractivity contribution in [2.24, 2.45) is 0 Å². The molecule has 0 aliphatic carbocycles. The Labute approximate surface area is 118 Å². The molecule has 0 aromatic heterocycles. The minimum Gasteiger partial charge on any atom is -0.394 e. The Morgan fingerprint density at radius 1 is 0.800 bits per heavy atom. The summed E-state index contributed by atoms with van der Waals surface area (Å²) in [7, 11) is 0. The topological polar surface area (TPSA) is 76.5 Å². The maximum Gasteiger partial charge on any atom is 0.0942 e. The number of rotatable bonds is 7. The highest BCUT2D eigenvalue weighted by Gasteiger charge is 2.01. The molecule has 2 rings (SSSR count). The molecule has 2 aromatic rings. The van der Waals surface area contributed by atoms with E-state index in [-0.39, 0.29) is 6.61 Å². The summed E-state index contributed by atoms with van der Waals surface area (Å²) in [6, 6.07) is 17.5. The summed E-state index contributed by atoms with van der Waals surface area (Å²) >= 11 is 0. The lowest BCUT2D eigenvalue weighted by atomic mass is 10.2.